The number of benzene rings is 2. The Bertz CT molecular complexity index is 1050. The molecule has 4 nitrogen and oxygen atoms in total. The molecule has 26 heavy (non-hydrogen) atoms. The minimum Gasteiger partial charge on any atom is -0.361 e. The maximum Gasteiger partial charge on any atom is 0.416 e. The molecular weight excluding hydrogens is 389 g/mol. The SMILES string of the molecule is O=S(=O)(NCCc1c[nH]c2ccccc12)c1ccc(C(F)(F)F)cc1Cl. The molecule has 0 saturated carbocycles. The van der Waals surface area contributed by atoms with Gasteiger partial charge < -0.3 is 4.98 Å². The van der Waals surface area contributed by atoms with Gasteiger partial charge in [0.2, 0.25) is 10.0 Å². The van der Waals surface area contributed by atoms with E-state index in [1.165, 1.54) is 0 Å². The maximum absolute atomic E-state index is 12.7. The molecule has 0 aliphatic heterocycles. The van der Waals surface area contributed by atoms with Crippen LogP contribution in [0.3, 0.4) is 0 Å². The molecule has 138 valence electrons. The molecule has 0 aliphatic rings. The molecule has 0 atom stereocenters. The Morgan fingerprint density at radius 3 is 2.54 bits per heavy atom. The number of nitrogens with one attached hydrogen (secondary N) is 2. The van der Waals surface area contributed by atoms with Gasteiger partial charge in [0, 0.05) is 23.6 Å². The highest BCUT2D eigenvalue weighted by molar-refractivity contribution is 7.89. The minimum atomic E-state index is -4.59. The zero-order valence-corrected chi connectivity index (χ0v) is 14.8. The molecule has 0 radical (unpaired) electrons. The van der Waals surface area contributed by atoms with E-state index in [1.807, 2.05) is 24.3 Å². The third-order valence-electron chi connectivity index (χ3n) is 3.91. The monoisotopic (exact) mass is 402 g/mol. The summed E-state index contributed by atoms with van der Waals surface area (Å²) in [6, 6.07) is 9.76. The fraction of sp³-hybridized carbons (Fsp3) is 0.176. The molecule has 0 saturated heterocycles. The number of hydrogen-bond donors (Lipinski definition) is 2. The summed E-state index contributed by atoms with van der Waals surface area (Å²) in [4.78, 5) is 2.71. The van der Waals surface area contributed by atoms with Crippen molar-refractivity contribution >= 4 is 32.5 Å². The molecule has 0 amide bonds. The number of alkyl halides is 3. The van der Waals surface area contributed by atoms with Gasteiger partial charge in [0.15, 0.2) is 0 Å². The molecule has 0 aliphatic carbocycles. The van der Waals surface area contributed by atoms with Crippen molar-refractivity contribution in [1.29, 1.82) is 0 Å². The molecule has 0 bridgehead atoms. The lowest BCUT2D eigenvalue weighted by molar-refractivity contribution is -0.137. The van der Waals surface area contributed by atoms with E-state index in [9.17, 15) is 21.6 Å². The van der Waals surface area contributed by atoms with Gasteiger partial charge in [-0.3, -0.25) is 0 Å². The highest BCUT2D eigenvalue weighted by Gasteiger charge is 2.32. The molecule has 3 aromatic rings. The summed E-state index contributed by atoms with van der Waals surface area (Å²) in [5, 5.41) is 0.513. The smallest absolute Gasteiger partial charge is 0.361 e. The van der Waals surface area contributed by atoms with Gasteiger partial charge >= 0.3 is 6.18 Å². The Morgan fingerprint density at radius 1 is 1.12 bits per heavy atom. The van der Waals surface area contributed by atoms with Crippen LogP contribution in [-0.2, 0) is 22.6 Å². The molecular formula is C17H14ClF3N2O2S. The Hall–Kier alpha value is -2.03. The van der Waals surface area contributed by atoms with E-state index in [4.69, 9.17) is 11.6 Å². The van der Waals surface area contributed by atoms with Crippen molar-refractivity contribution in [2.75, 3.05) is 6.54 Å². The molecule has 9 heteroatoms. The lowest BCUT2D eigenvalue weighted by Gasteiger charge is -2.11. The van der Waals surface area contributed by atoms with E-state index in [-0.39, 0.29) is 11.4 Å². The fourth-order valence-electron chi connectivity index (χ4n) is 2.63. The number of sulfonamides is 1. The van der Waals surface area contributed by atoms with Crippen LogP contribution in [0.5, 0.6) is 0 Å². The fourth-order valence-corrected chi connectivity index (χ4v) is 4.21. The molecule has 2 N–H and O–H groups in total. The van der Waals surface area contributed by atoms with Gasteiger partial charge in [0.25, 0.3) is 0 Å². The molecule has 0 spiro atoms. The van der Waals surface area contributed by atoms with Crippen molar-refractivity contribution in [3.63, 3.8) is 0 Å². The third-order valence-corrected chi connectivity index (χ3v) is 5.85. The molecule has 0 unspecified atom stereocenters. The number of H-pyrrole nitrogens is 1. The number of halogens is 4. The average molecular weight is 403 g/mol. The largest absolute Gasteiger partial charge is 0.416 e. The van der Waals surface area contributed by atoms with Crippen molar-refractivity contribution in [3.8, 4) is 0 Å². The summed E-state index contributed by atoms with van der Waals surface area (Å²) in [6.07, 6.45) is -2.37. The Morgan fingerprint density at radius 2 is 1.85 bits per heavy atom. The predicted octanol–water partition coefficient (Wildman–Crippen LogP) is 4.36. The molecule has 1 heterocycles. The van der Waals surface area contributed by atoms with E-state index in [0.717, 1.165) is 22.5 Å². The van der Waals surface area contributed by atoms with Crippen molar-refractivity contribution in [2.45, 2.75) is 17.5 Å². The van der Waals surface area contributed by atoms with E-state index in [0.29, 0.717) is 18.6 Å². The van der Waals surface area contributed by atoms with Crippen molar-refractivity contribution < 1.29 is 21.6 Å². The second-order valence-electron chi connectivity index (χ2n) is 5.65. The Labute approximate surface area is 153 Å². The van der Waals surface area contributed by atoms with Gasteiger partial charge in [-0.15, -0.1) is 0 Å². The third kappa shape index (κ3) is 3.87. The predicted molar refractivity (Wildman–Crippen MR) is 93.6 cm³/mol. The Balaban J connectivity index is 1.73. The lowest BCUT2D eigenvalue weighted by atomic mass is 10.1. The average Bonchev–Trinajstić information content (AvgIpc) is 2.97. The van der Waals surface area contributed by atoms with E-state index in [2.05, 4.69) is 9.71 Å². The minimum absolute atomic E-state index is 0.0849. The van der Waals surface area contributed by atoms with Gasteiger partial charge in [-0.2, -0.15) is 13.2 Å². The summed E-state index contributed by atoms with van der Waals surface area (Å²) in [6.45, 7) is 0.0849. The highest BCUT2D eigenvalue weighted by atomic mass is 35.5. The van der Waals surface area contributed by atoms with Gasteiger partial charge in [0.1, 0.15) is 4.90 Å². The summed E-state index contributed by atoms with van der Waals surface area (Å²) >= 11 is 5.75. The van der Waals surface area contributed by atoms with Crippen LogP contribution in [0.4, 0.5) is 13.2 Å². The Kier molecular flexibility index (Phi) is 5.01. The maximum atomic E-state index is 12.7. The standard InChI is InChI=1S/C17H14ClF3N2O2S/c18-14-9-12(17(19,20)21)5-6-16(14)26(24,25)23-8-7-11-10-22-15-4-2-1-3-13(11)15/h1-6,9-10,22-23H,7-8H2. The van der Waals surface area contributed by atoms with Crippen molar-refractivity contribution in [3.05, 3.63) is 64.8 Å². The number of aromatic amines is 1. The molecule has 3 rings (SSSR count). The van der Waals surface area contributed by atoms with Crippen LogP contribution in [0, 0.1) is 0 Å². The van der Waals surface area contributed by atoms with Crippen LogP contribution in [0.1, 0.15) is 11.1 Å². The van der Waals surface area contributed by atoms with Crippen molar-refractivity contribution in [1.82, 2.24) is 9.71 Å². The quantitative estimate of drug-likeness (QED) is 0.666. The van der Waals surface area contributed by atoms with Crippen LogP contribution in [0.2, 0.25) is 5.02 Å². The summed E-state index contributed by atoms with van der Waals surface area (Å²) in [7, 11) is -4.02. The summed E-state index contributed by atoms with van der Waals surface area (Å²) in [5.41, 5.74) is 0.873. The van der Waals surface area contributed by atoms with Crippen LogP contribution >= 0.6 is 11.6 Å². The summed E-state index contributed by atoms with van der Waals surface area (Å²) in [5.74, 6) is 0. The van der Waals surface area contributed by atoms with E-state index >= 15 is 0 Å². The number of para-hydroxylation sites is 1. The lowest BCUT2D eigenvalue weighted by Crippen LogP contribution is -2.26. The molecule has 2 aromatic carbocycles. The van der Waals surface area contributed by atoms with E-state index < -0.39 is 26.8 Å². The second-order valence-corrected chi connectivity index (χ2v) is 7.79. The topological polar surface area (TPSA) is 62.0 Å². The molecule has 0 fully saturated rings. The van der Waals surface area contributed by atoms with Crippen LogP contribution in [-0.4, -0.2) is 19.9 Å². The first-order chi connectivity index (χ1) is 12.2. The normalized spacial score (nSPS) is 12.6. The van der Waals surface area contributed by atoms with Crippen LogP contribution in [0.25, 0.3) is 10.9 Å². The van der Waals surface area contributed by atoms with Gasteiger partial charge in [-0.05, 0) is 36.2 Å². The summed E-state index contributed by atoms with van der Waals surface area (Å²) < 4.78 is 65.0. The van der Waals surface area contributed by atoms with E-state index in [1.54, 1.807) is 6.20 Å². The second kappa shape index (κ2) is 6.94. The zero-order valence-electron chi connectivity index (χ0n) is 13.3. The first-order valence-corrected chi connectivity index (χ1v) is 9.46. The number of rotatable bonds is 5. The van der Waals surface area contributed by atoms with Gasteiger partial charge in [-0.1, -0.05) is 29.8 Å². The highest BCUT2D eigenvalue weighted by Crippen LogP contribution is 2.33. The number of fused-ring (bicyclic) bond motifs is 1. The molecule has 1 aromatic heterocycles. The van der Waals surface area contributed by atoms with Gasteiger partial charge in [-0.25, -0.2) is 13.1 Å². The van der Waals surface area contributed by atoms with Crippen molar-refractivity contribution in [2.24, 2.45) is 0 Å². The van der Waals surface area contributed by atoms with Crippen LogP contribution in [0.15, 0.2) is 53.6 Å². The zero-order chi connectivity index (χ0) is 18.9. The number of hydrogen-bond acceptors (Lipinski definition) is 2. The van der Waals surface area contributed by atoms with Crippen LogP contribution < -0.4 is 4.72 Å². The first kappa shape index (κ1) is 18.8. The van der Waals surface area contributed by atoms with Gasteiger partial charge in [0.05, 0.1) is 10.6 Å². The first-order valence-electron chi connectivity index (χ1n) is 7.60. The number of aromatic nitrogens is 1.